The monoisotopic (exact) mass is 316 g/mol. The normalized spacial score (nSPS) is 16.3. The minimum Gasteiger partial charge on any atom is -0.497 e. The zero-order chi connectivity index (χ0) is 15.7. The first-order valence-electron chi connectivity index (χ1n) is 6.64. The Morgan fingerprint density at radius 3 is 2.55 bits per heavy atom. The third-order valence-corrected chi connectivity index (χ3v) is 3.78. The lowest BCUT2D eigenvalue weighted by atomic mass is 9.94. The van der Waals surface area contributed by atoms with Crippen molar-refractivity contribution in [3.05, 3.63) is 59.2 Å². The highest BCUT2D eigenvalue weighted by atomic mass is 35.5. The average Bonchev–Trinajstić information content (AvgIpc) is 2.53. The molecule has 112 valence electrons. The largest absolute Gasteiger partial charge is 0.497 e. The van der Waals surface area contributed by atoms with Crippen LogP contribution >= 0.6 is 11.6 Å². The molecule has 0 aromatic heterocycles. The fourth-order valence-electron chi connectivity index (χ4n) is 2.46. The Labute approximate surface area is 132 Å². The minimum absolute atomic E-state index is 0.293. The Morgan fingerprint density at radius 2 is 1.91 bits per heavy atom. The lowest BCUT2D eigenvalue weighted by molar-refractivity contribution is 0.108. The van der Waals surface area contributed by atoms with Gasteiger partial charge in [-0.05, 0) is 47.5 Å². The number of rotatable bonds is 3. The minimum atomic E-state index is -0.534. The van der Waals surface area contributed by atoms with E-state index < -0.39 is 5.24 Å². The van der Waals surface area contributed by atoms with Gasteiger partial charge >= 0.3 is 6.03 Å². The molecular formula is C16H13ClN2O3. The zero-order valence-corrected chi connectivity index (χ0v) is 12.5. The molecule has 2 aromatic rings. The van der Waals surface area contributed by atoms with Gasteiger partial charge in [0, 0.05) is 16.8 Å². The molecule has 2 aromatic carbocycles. The third-order valence-electron chi connectivity index (χ3n) is 3.56. The molecule has 3 rings (SSSR count). The Morgan fingerprint density at radius 1 is 1.18 bits per heavy atom. The van der Waals surface area contributed by atoms with E-state index in [4.69, 9.17) is 16.3 Å². The molecule has 0 bridgehead atoms. The molecule has 0 spiro atoms. The molecule has 1 heterocycles. The van der Waals surface area contributed by atoms with Crippen molar-refractivity contribution in [2.75, 3.05) is 12.4 Å². The summed E-state index contributed by atoms with van der Waals surface area (Å²) in [4.78, 5) is 23.2. The summed E-state index contributed by atoms with van der Waals surface area (Å²) in [7, 11) is 1.59. The summed E-state index contributed by atoms with van der Waals surface area (Å²) < 4.78 is 5.14. The Hall–Kier alpha value is -2.53. The number of benzene rings is 2. The van der Waals surface area contributed by atoms with Crippen molar-refractivity contribution in [1.29, 1.82) is 0 Å². The Bertz CT molecular complexity index is 744. The second-order valence-electron chi connectivity index (χ2n) is 4.88. The van der Waals surface area contributed by atoms with Crippen molar-refractivity contribution in [1.82, 2.24) is 5.32 Å². The summed E-state index contributed by atoms with van der Waals surface area (Å²) in [6, 6.07) is 11.7. The Kier molecular flexibility index (Phi) is 3.73. The highest BCUT2D eigenvalue weighted by Gasteiger charge is 2.26. The third kappa shape index (κ3) is 2.63. The van der Waals surface area contributed by atoms with Gasteiger partial charge in [-0.2, -0.15) is 0 Å². The summed E-state index contributed by atoms with van der Waals surface area (Å²) in [5.74, 6) is 0.730. The van der Waals surface area contributed by atoms with Gasteiger partial charge in [0.1, 0.15) is 5.75 Å². The van der Waals surface area contributed by atoms with Gasteiger partial charge in [-0.25, -0.2) is 4.79 Å². The summed E-state index contributed by atoms with van der Waals surface area (Å²) in [6.45, 7) is 0. The lowest BCUT2D eigenvalue weighted by Gasteiger charge is -2.28. The molecule has 5 nitrogen and oxygen atoms in total. The first-order chi connectivity index (χ1) is 10.6. The first-order valence-corrected chi connectivity index (χ1v) is 7.01. The van der Waals surface area contributed by atoms with Crippen LogP contribution in [0.15, 0.2) is 42.5 Å². The summed E-state index contributed by atoms with van der Waals surface area (Å²) in [5, 5.41) is 5.03. The van der Waals surface area contributed by atoms with Crippen LogP contribution in [0.1, 0.15) is 27.5 Å². The van der Waals surface area contributed by atoms with Gasteiger partial charge in [-0.15, -0.1) is 0 Å². The highest BCUT2D eigenvalue weighted by Crippen LogP contribution is 2.33. The number of carbonyl (C=O) groups excluding carboxylic acids is 2. The van der Waals surface area contributed by atoms with Crippen molar-refractivity contribution in [3.8, 4) is 5.75 Å². The SMILES string of the molecule is COc1ccc(C2NC(=O)Nc3ccc(C(=O)Cl)cc32)cc1. The van der Waals surface area contributed by atoms with E-state index in [0.717, 1.165) is 16.9 Å². The predicted molar refractivity (Wildman–Crippen MR) is 83.6 cm³/mol. The number of urea groups is 1. The number of ether oxygens (including phenoxy) is 1. The molecule has 2 N–H and O–H groups in total. The number of halogens is 1. The fraction of sp³-hybridized carbons (Fsp3) is 0.125. The highest BCUT2D eigenvalue weighted by molar-refractivity contribution is 6.67. The van der Waals surface area contributed by atoms with Gasteiger partial charge in [-0.1, -0.05) is 12.1 Å². The van der Waals surface area contributed by atoms with Gasteiger partial charge in [-0.3, -0.25) is 4.79 Å². The van der Waals surface area contributed by atoms with Gasteiger partial charge < -0.3 is 15.4 Å². The molecule has 0 fully saturated rings. The second kappa shape index (κ2) is 5.69. The number of anilines is 1. The van der Waals surface area contributed by atoms with E-state index in [1.807, 2.05) is 24.3 Å². The molecule has 22 heavy (non-hydrogen) atoms. The quantitative estimate of drug-likeness (QED) is 0.854. The molecule has 0 radical (unpaired) electrons. The van der Waals surface area contributed by atoms with E-state index in [0.29, 0.717) is 11.3 Å². The molecular weight excluding hydrogens is 304 g/mol. The average molecular weight is 317 g/mol. The van der Waals surface area contributed by atoms with E-state index in [1.54, 1.807) is 25.3 Å². The molecule has 1 aliphatic heterocycles. The molecule has 6 heteroatoms. The van der Waals surface area contributed by atoms with Crippen LogP contribution in [0.3, 0.4) is 0 Å². The Balaban J connectivity index is 2.06. The molecule has 0 saturated carbocycles. The van der Waals surface area contributed by atoms with E-state index in [2.05, 4.69) is 10.6 Å². The predicted octanol–water partition coefficient (Wildman–Crippen LogP) is 3.30. The first kappa shape index (κ1) is 14.4. The number of fused-ring (bicyclic) bond motifs is 1. The van der Waals surface area contributed by atoms with E-state index in [9.17, 15) is 9.59 Å². The summed E-state index contributed by atoms with van der Waals surface area (Å²) in [5.41, 5.74) is 2.72. The van der Waals surface area contributed by atoms with Crippen LogP contribution in [-0.4, -0.2) is 18.4 Å². The van der Waals surface area contributed by atoms with Crippen molar-refractivity contribution in [3.63, 3.8) is 0 Å². The maximum Gasteiger partial charge on any atom is 0.320 e. The molecule has 1 unspecified atom stereocenters. The zero-order valence-electron chi connectivity index (χ0n) is 11.7. The number of methoxy groups -OCH3 is 1. The number of hydrogen-bond acceptors (Lipinski definition) is 3. The van der Waals surface area contributed by atoms with Crippen molar-refractivity contribution in [2.45, 2.75) is 6.04 Å². The van der Waals surface area contributed by atoms with Crippen LogP contribution in [0.4, 0.5) is 10.5 Å². The molecule has 0 aliphatic carbocycles. The number of hydrogen-bond donors (Lipinski definition) is 2. The molecule has 1 aliphatic rings. The fourth-order valence-corrected chi connectivity index (χ4v) is 2.58. The van der Waals surface area contributed by atoms with Crippen molar-refractivity contribution in [2.24, 2.45) is 0 Å². The van der Waals surface area contributed by atoms with Gasteiger partial charge in [0.15, 0.2) is 0 Å². The topological polar surface area (TPSA) is 67.4 Å². The van der Waals surface area contributed by atoms with Crippen LogP contribution in [0.5, 0.6) is 5.75 Å². The molecule has 2 amide bonds. The van der Waals surface area contributed by atoms with E-state index in [-0.39, 0.29) is 12.1 Å². The number of amides is 2. The van der Waals surface area contributed by atoms with E-state index >= 15 is 0 Å². The number of carbonyl (C=O) groups is 2. The van der Waals surface area contributed by atoms with Gasteiger partial charge in [0.2, 0.25) is 0 Å². The second-order valence-corrected chi connectivity index (χ2v) is 5.22. The van der Waals surface area contributed by atoms with Crippen LogP contribution in [0.2, 0.25) is 0 Å². The summed E-state index contributed by atoms with van der Waals surface area (Å²) >= 11 is 5.54. The number of nitrogens with one attached hydrogen (secondary N) is 2. The van der Waals surface area contributed by atoms with Crippen LogP contribution in [0.25, 0.3) is 0 Å². The van der Waals surface area contributed by atoms with Crippen molar-refractivity contribution < 1.29 is 14.3 Å². The maximum atomic E-state index is 11.8. The van der Waals surface area contributed by atoms with Crippen LogP contribution in [-0.2, 0) is 0 Å². The van der Waals surface area contributed by atoms with E-state index in [1.165, 1.54) is 0 Å². The van der Waals surface area contributed by atoms with Crippen LogP contribution < -0.4 is 15.4 Å². The smallest absolute Gasteiger partial charge is 0.320 e. The van der Waals surface area contributed by atoms with Crippen molar-refractivity contribution >= 4 is 28.6 Å². The summed E-state index contributed by atoms with van der Waals surface area (Å²) in [6.07, 6.45) is 0. The maximum absolute atomic E-state index is 11.8. The molecule has 0 saturated heterocycles. The van der Waals surface area contributed by atoms with Gasteiger partial charge in [0.05, 0.1) is 13.2 Å². The lowest BCUT2D eigenvalue weighted by Crippen LogP contribution is -2.38. The van der Waals surface area contributed by atoms with Gasteiger partial charge in [0.25, 0.3) is 5.24 Å². The standard InChI is InChI=1S/C16H13ClN2O3/c1-22-11-5-2-9(3-6-11)14-12-8-10(15(17)20)4-7-13(12)18-16(21)19-14/h2-8,14H,1H3,(H2,18,19,21). The molecule has 1 atom stereocenters. The van der Waals surface area contributed by atoms with Crippen LogP contribution in [0, 0.1) is 0 Å².